The number of halogens is 3. The van der Waals surface area contributed by atoms with E-state index in [4.69, 9.17) is 11.0 Å². The van der Waals surface area contributed by atoms with Gasteiger partial charge < -0.3 is 5.73 Å². The maximum absolute atomic E-state index is 13.1. The van der Waals surface area contributed by atoms with Crippen LogP contribution in [-0.2, 0) is 6.18 Å². The molecule has 0 bridgehead atoms. The molecule has 0 amide bonds. The smallest absolute Gasteiger partial charge is 0.397 e. The minimum Gasteiger partial charge on any atom is -0.397 e. The van der Waals surface area contributed by atoms with Gasteiger partial charge in [0.05, 0.1) is 16.8 Å². The Morgan fingerprint density at radius 3 is 2.35 bits per heavy atom. The van der Waals surface area contributed by atoms with Crippen LogP contribution < -0.4 is 5.73 Å². The third-order valence-electron chi connectivity index (χ3n) is 3.72. The number of alkyl halides is 3. The molecular weight excluding hydrogens is 305 g/mol. The summed E-state index contributed by atoms with van der Waals surface area (Å²) in [6.45, 7) is 3.34. The van der Waals surface area contributed by atoms with Gasteiger partial charge in [0.1, 0.15) is 6.07 Å². The molecule has 0 unspecified atom stereocenters. The van der Waals surface area contributed by atoms with Crippen LogP contribution in [0, 0.1) is 25.2 Å². The van der Waals surface area contributed by atoms with E-state index in [1.54, 1.807) is 13.8 Å². The van der Waals surface area contributed by atoms with E-state index in [1.165, 1.54) is 18.2 Å². The zero-order valence-electron chi connectivity index (χ0n) is 12.5. The number of carbonyl (C=O) groups is 1. The van der Waals surface area contributed by atoms with Crippen LogP contribution in [0.25, 0.3) is 0 Å². The summed E-state index contributed by atoms with van der Waals surface area (Å²) in [5, 5.41) is 9.16. The number of nitrogens with zero attached hydrogens (tertiary/aromatic N) is 1. The van der Waals surface area contributed by atoms with Crippen LogP contribution in [0.5, 0.6) is 0 Å². The van der Waals surface area contributed by atoms with Crippen LogP contribution in [0.2, 0.25) is 0 Å². The highest BCUT2D eigenvalue weighted by Gasteiger charge is 2.35. The predicted molar refractivity (Wildman–Crippen MR) is 79.9 cm³/mol. The lowest BCUT2D eigenvalue weighted by Crippen LogP contribution is -2.15. The summed E-state index contributed by atoms with van der Waals surface area (Å²) in [5.41, 5.74) is 5.45. The molecule has 3 nitrogen and oxygen atoms in total. The van der Waals surface area contributed by atoms with Gasteiger partial charge in [-0.25, -0.2) is 0 Å². The molecule has 0 aliphatic rings. The van der Waals surface area contributed by atoms with Crippen molar-refractivity contribution in [3.05, 3.63) is 63.7 Å². The van der Waals surface area contributed by atoms with Gasteiger partial charge in [0, 0.05) is 11.1 Å². The van der Waals surface area contributed by atoms with E-state index in [2.05, 4.69) is 0 Å². The molecule has 0 aliphatic heterocycles. The standard InChI is InChI=1S/C17H13F3N2O/c1-9-7-12(15(22)13(8-21)10(9)2)16(23)11-5-3-4-6-14(11)17(18,19)20/h3-7H,22H2,1-2H3. The summed E-state index contributed by atoms with van der Waals surface area (Å²) in [7, 11) is 0. The van der Waals surface area contributed by atoms with Gasteiger partial charge in [0.25, 0.3) is 0 Å². The lowest BCUT2D eigenvalue weighted by atomic mass is 9.91. The molecule has 2 aromatic rings. The highest BCUT2D eigenvalue weighted by molar-refractivity contribution is 6.13. The Morgan fingerprint density at radius 2 is 1.78 bits per heavy atom. The van der Waals surface area contributed by atoms with Crippen LogP contribution in [0.4, 0.5) is 18.9 Å². The molecule has 2 aromatic carbocycles. The molecule has 0 saturated carbocycles. The first-order valence-electron chi connectivity index (χ1n) is 6.69. The number of hydrogen-bond donors (Lipinski definition) is 1. The minimum absolute atomic E-state index is 0.0960. The van der Waals surface area contributed by atoms with E-state index in [0.717, 1.165) is 12.1 Å². The van der Waals surface area contributed by atoms with E-state index in [0.29, 0.717) is 11.1 Å². The normalized spacial score (nSPS) is 11.1. The molecule has 2 N–H and O–H groups in total. The molecule has 0 radical (unpaired) electrons. The molecule has 0 spiro atoms. The first-order chi connectivity index (χ1) is 10.7. The van der Waals surface area contributed by atoms with E-state index >= 15 is 0 Å². The van der Waals surface area contributed by atoms with E-state index in [1.807, 2.05) is 6.07 Å². The first-order valence-corrected chi connectivity index (χ1v) is 6.69. The molecule has 0 atom stereocenters. The van der Waals surface area contributed by atoms with Crippen molar-refractivity contribution in [2.24, 2.45) is 0 Å². The summed E-state index contributed by atoms with van der Waals surface area (Å²) < 4.78 is 39.2. The third-order valence-corrected chi connectivity index (χ3v) is 3.72. The average Bonchev–Trinajstić information content (AvgIpc) is 2.50. The topological polar surface area (TPSA) is 66.9 Å². The molecule has 0 heterocycles. The van der Waals surface area contributed by atoms with Gasteiger partial charge in [-0.15, -0.1) is 0 Å². The number of ketones is 1. The molecule has 118 valence electrons. The third kappa shape index (κ3) is 2.90. The Bertz CT molecular complexity index is 833. The minimum atomic E-state index is -4.65. The highest BCUT2D eigenvalue weighted by Crippen LogP contribution is 2.34. The number of rotatable bonds is 2. The molecule has 0 aromatic heterocycles. The lowest BCUT2D eigenvalue weighted by Gasteiger charge is -2.15. The second-order valence-corrected chi connectivity index (χ2v) is 5.14. The molecule has 23 heavy (non-hydrogen) atoms. The van der Waals surface area contributed by atoms with Crippen LogP contribution in [0.3, 0.4) is 0 Å². The van der Waals surface area contributed by atoms with Gasteiger partial charge in [-0.2, -0.15) is 18.4 Å². The zero-order valence-corrected chi connectivity index (χ0v) is 12.5. The molecule has 0 saturated heterocycles. The fourth-order valence-electron chi connectivity index (χ4n) is 2.34. The van der Waals surface area contributed by atoms with Crippen molar-refractivity contribution in [2.75, 3.05) is 5.73 Å². The molecule has 6 heteroatoms. The van der Waals surface area contributed by atoms with E-state index < -0.39 is 23.1 Å². The number of anilines is 1. The molecule has 0 aliphatic carbocycles. The summed E-state index contributed by atoms with van der Waals surface area (Å²) >= 11 is 0. The van der Waals surface area contributed by atoms with E-state index in [-0.39, 0.29) is 16.8 Å². The van der Waals surface area contributed by atoms with Crippen molar-refractivity contribution >= 4 is 11.5 Å². The summed E-state index contributed by atoms with van der Waals surface area (Å²) in [4.78, 5) is 12.6. The summed E-state index contributed by atoms with van der Waals surface area (Å²) in [6, 6.07) is 7.82. The second-order valence-electron chi connectivity index (χ2n) is 5.14. The SMILES string of the molecule is Cc1cc(C(=O)c2ccccc2C(F)(F)F)c(N)c(C#N)c1C. The number of nitriles is 1. The van der Waals surface area contributed by atoms with Crippen LogP contribution in [-0.4, -0.2) is 5.78 Å². The van der Waals surface area contributed by atoms with Gasteiger partial charge >= 0.3 is 6.18 Å². The lowest BCUT2D eigenvalue weighted by molar-refractivity contribution is -0.137. The Balaban J connectivity index is 2.70. The Kier molecular flexibility index (Phi) is 4.15. The quantitative estimate of drug-likeness (QED) is 0.672. The number of aryl methyl sites for hydroxylation is 1. The van der Waals surface area contributed by atoms with Crippen molar-refractivity contribution in [1.82, 2.24) is 0 Å². The summed E-state index contributed by atoms with van der Waals surface area (Å²) in [6.07, 6.45) is -4.65. The molecule has 0 fully saturated rings. The monoisotopic (exact) mass is 318 g/mol. The largest absolute Gasteiger partial charge is 0.417 e. The predicted octanol–water partition coefficient (Wildman–Crippen LogP) is 4.01. The maximum atomic E-state index is 13.1. The highest BCUT2D eigenvalue weighted by atomic mass is 19.4. The molecular formula is C17H13F3N2O. The van der Waals surface area contributed by atoms with Crippen molar-refractivity contribution in [2.45, 2.75) is 20.0 Å². The fraction of sp³-hybridized carbons (Fsp3) is 0.176. The first kappa shape index (κ1) is 16.6. The van der Waals surface area contributed by atoms with Gasteiger partial charge in [-0.1, -0.05) is 18.2 Å². The average molecular weight is 318 g/mol. The Hall–Kier alpha value is -2.81. The van der Waals surface area contributed by atoms with Crippen molar-refractivity contribution in [3.8, 4) is 6.07 Å². The van der Waals surface area contributed by atoms with Gasteiger partial charge in [0.2, 0.25) is 0 Å². The van der Waals surface area contributed by atoms with Crippen molar-refractivity contribution in [3.63, 3.8) is 0 Å². The van der Waals surface area contributed by atoms with Crippen LogP contribution in [0.1, 0.15) is 38.2 Å². The number of benzene rings is 2. The van der Waals surface area contributed by atoms with E-state index in [9.17, 15) is 18.0 Å². The van der Waals surface area contributed by atoms with Crippen molar-refractivity contribution in [1.29, 1.82) is 5.26 Å². The maximum Gasteiger partial charge on any atom is 0.417 e. The molecule has 2 rings (SSSR count). The van der Waals surface area contributed by atoms with Crippen LogP contribution in [0.15, 0.2) is 30.3 Å². The number of nitrogen functional groups attached to an aromatic ring is 1. The number of hydrogen-bond acceptors (Lipinski definition) is 3. The van der Waals surface area contributed by atoms with Crippen LogP contribution >= 0.6 is 0 Å². The van der Waals surface area contributed by atoms with Gasteiger partial charge in [-0.3, -0.25) is 4.79 Å². The second kappa shape index (κ2) is 5.76. The zero-order chi connectivity index (χ0) is 17.4. The Morgan fingerprint density at radius 1 is 1.17 bits per heavy atom. The number of carbonyl (C=O) groups excluding carboxylic acids is 1. The van der Waals surface area contributed by atoms with Gasteiger partial charge in [0.15, 0.2) is 5.78 Å². The summed E-state index contributed by atoms with van der Waals surface area (Å²) in [5.74, 6) is -0.852. The number of nitrogens with two attached hydrogens (primary N) is 1. The fourth-order valence-corrected chi connectivity index (χ4v) is 2.34. The van der Waals surface area contributed by atoms with Gasteiger partial charge in [-0.05, 0) is 37.1 Å². The Labute approximate surface area is 131 Å². The van der Waals surface area contributed by atoms with Crippen molar-refractivity contribution < 1.29 is 18.0 Å².